The summed E-state index contributed by atoms with van der Waals surface area (Å²) in [6, 6.07) is 18.9. The molecule has 3 rings (SSSR count). The molecule has 1 heterocycles. The predicted octanol–water partition coefficient (Wildman–Crippen LogP) is 3.26. The van der Waals surface area contributed by atoms with Crippen LogP contribution in [0, 0.1) is 0 Å². The van der Waals surface area contributed by atoms with E-state index in [1.165, 1.54) is 5.56 Å². The molecule has 2 N–H and O–H groups in total. The van der Waals surface area contributed by atoms with Gasteiger partial charge in [-0.1, -0.05) is 42.5 Å². The summed E-state index contributed by atoms with van der Waals surface area (Å²) in [5, 5.41) is 6.91. The van der Waals surface area contributed by atoms with Gasteiger partial charge in [-0.25, -0.2) is 0 Å². The maximum Gasteiger partial charge on any atom is 0.191 e. The van der Waals surface area contributed by atoms with Crippen LogP contribution in [-0.2, 0) is 6.54 Å². The number of rotatable bonds is 5. The molecular formula is C20H27IN4O. The Balaban J connectivity index is 0.00000243. The largest absolute Gasteiger partial charge is 0.495 e. The first-order valence-electron chi connectivity index (χ1n) is 8.69. The average Bonchev–Trinajstić information content (AvgIpc) is 3.14. The lowest BCUT2D eigenvalue weighted by Gasteiger charge is -2.22. The predicted molar refractivity (Wildman–Crippen MR) is 119 cm³/mol. The monoisotopic (exact) mass is 466 g/mol. The highest BCUT2D eigenvalue weighted by Gasteiger charge is 2.25. The lowest BCUT2D eigenvalue weighted by molar-refractivity contribution is 0.415. The van der Waals surface area contributed by atoms with Gasteiger partial charge in [0.1, 0.15) is 5.75 Å². The summed E-state index contributed by atoms with van der Waals surface area (Å²) in [5.41, 5.74) is 2.40. The number of methoxy groups -OCH3 is 1. The Hall–Kier alpha value is -1.96. The van der Waals surface area contributed by atoms with E-state index in [2.05, 4.69) is 56.9 Å². The van der Waals surface area contributed by atoms with Crippen LogP contribution in [0.5, 0.6) is 5.75 Å². The number of guanidine groups is 1. The number of hydrogen-bond acceptors (Lipinski definition) is 3. The van der Waals surface area contributed by atoms with Crippen LogP contribution in [0.2, 0.25) is 0 Å². The van der Waals surface area contributed by atoms with E-state index in [9.17, 15) is 0 Å². The summed E-state index contributed by atoms with van der Waals surface area (Å²) < 4.78 is 5.48. The number of hydrogen-bond donors (Lipinski definition) is 2. The summed E-state index contributed by atoms with van der Waals surface area (Å²) in [7, 11) is 3.53. The molecule has 0 spiro atoms. The van der Waals surface area contributed by atoms with Crippen LogP contribution in [0.25, 0.3) is 0 Å². The average molecular weight is 466 g/mol. The molecule has 0 aromatic heterocycles. The lowest BCUT2D eigenvalue weighted by Crippen LogP contribution is -2.44. The zero-order chi connectivity index (χ0) is 17.5. The molecular weight excluding hydrogens is 439 g/mol. The van der Waals surface area contributed by atoms with Crippen molar-refractivity contribution in [1.29, 1.82) is 0 Å². The van der Waals surface area contributed by atoms with Crippen LogP contribution in [0.3, 0.4) is 0 Å². The molecule has 1 aliphatic rings. The zero-order valence-electron chi connectivity index (χ0n) is 15.3. The Labute approximate surface area is 172 Å². The van der Waals surface area contributed by atoms with Crippen molar-refractivity contribution >= 4 is 35.6 Å². The van der Waals surface area contributed by atoms with Gasteiger partial charge in [0.25, 0.3) is 0 Å². The number of nitrogens with zero attached hydrogens (tertiary/aromatic N) is 2. The molecule has 5 nitrogen and oxygen atoms in total. The second-order valence-corrected chi connectivity index (χ2v) is 6.16. The highest BCUT2D eigenvalue weighted by atomic mass is 127. The number of nitrogens with one attached hydrogen (secondary N) is 2. The Bertz CT molecular complexity index is 708. The molecule has 1 unspecified atom stereocenters. The number of aliphatic imine (C=N–C) groups is 1. The third-order valence-electron chi connectivity index (χ3n) is 4.48. The molecule has 1 saturated heterocycles. The fourth-order valence-corrected chi connectivity index (χ4v) is 3.16. The van der Waals surface area contributed by atoms with Crippen LogP contribution >= 0.6 is 24.0 Å². The smallest absolute Gasteiger partial charge is 0.191 e. The standard InChI is InChI=1S/C20H26N4O.HI/c1-21-20(22-14-16-8-4-3-5-9-16)23-17-12-13-24(15-17)18-10-6-7-11-19(18)25-2;/h3-11,17H,12-15H2,1-2H3,(H2,21,22,23);1H. The van der Waals surface area contributed by atoms with Gasteiger partial charge in [-0.05, 0) is 24.1 Å². The number of halogens is 1. The van der Waals surface area contributed by atoms with E-state index in [0.29, 0.717) is 6.04 Å². The molecule has 140 valence electrons. The van der Waals surface area contributed by atoms with Gasteiger partial charge in [0.2, 0.25) is 0 Å². The van der Waals surface area contributed by atoms with Crippen molar-refractivity contribution in [1.82, 2.24) is 10.6 Å². The molecule has 0 saturated carbocycles. The van der Waals surface area contributed by atoms with Gasteiger partial charge in [0.05, 0.1) is 12.8 Å². The second kappa shape index (κ2) is 10.3. The Morgan fingerprint density at radius 2 is 1.88 bits per heavy atom. The van der Waals surface area contributed by atoms with E-state index in [-0.39, 0.29) is 24.0 Å². The highest BCUT2D eigenvalue weighted by molar-refractivity contribution is 14.0. The Kier molecular flexibility index (Phi) is 8.03. The van der Waals surface area contributed by atoms with Crippen LogP contribution in [0.1, 0.15) is 12.0 Å². The summed E-state index contributed by atoms with van der Waals surface area (Å²) in [6.07, 6.45) is 1.07. The van der Waals surface area contributed by atoms with Crippen molar-refractivity contribution < 1.29 is 4.74 Å². The summed E-state index contributed by atoms with van der Waals surface area (Å²) in [5.74, 6) is 1.77. The van der Waals surface area contributed by atoms with Gasteiger partial charge < -0.3 is 20.3 Å². The Morgan fingerprint density at radius 3 is 2.62 bits per heavy atom. The second-order valence-electron chi connectivity index (χ2n) is 6.16. The van der Waals surface area contributed by atoms with E-state index < -0.39 is 0 Å². The third kappa shape index (κ3) is 5.27. The quantitative estimate of drug-likeness (QED) is 0.404. The van der Waals surface area contributed by atoms with E-state index in [0.717, 1.165) is 43.5 Å². The maximum absolute atomic E-state index is 5.48. The van der Waals surface area contributed by atoms with Crippen molar-refractivity contribution in [2.24, 2.45) is 4.99 Å². The van der Waals surface area contributed by atoms with Crippen molar-refractivity contribution in [2.75, 3.05) is 32.1 Å². The van der Waals surface area contributed by atoms with Gasteiger partial charge in [-0.2, -0.15) is 0 Å². The van der Waals surface area contributed by atoms with E-state index in [1.807, 2.05) is 25.2 Å². The fourth-order valence-electron chi connectivity index (χ4n) is 3.16. The van der Waals surface area contributed by atoms with Gasteiger partial charge >= 0.3 is 0 Å². The zero-order valence-corrected chi connectivity index (χ0v) is 17.6. The number of anilines is 1. The van der Waals surface area contributed by atoms with Gasteiger partial charge in [-0.15, -0.1) is 24.0 Å². The van der Waals surface area contributed by atoms with Crippen LogP contribution in [0.4, 0.5) is 5.69 Å². The Morgan fingerprint density at radius 1 is 1.15 bits per heavy atom. The minimum Gasteiger partial charge on any atom is -0.495 e. The molecule has 1 atom stereocenters. The molecule has 1 fully saturated rings. The summed E-state index contributed by atoms with van der Waals surface area (Å²) in [4.78, 5) is 6.71. The molecule has 1 aliphatic heterocycles. The first-order chi connectivity index (χ1) is 12.3. The third-order valence-corrected chi connectivity index (χ3v) is 4.48. The molecule has 26 heavy (non-hydrogen) atoms. The van der Waals surface area contributed by atoms with E-state index in [4.69, 9.17) is 4.74 Å². The molecule has 0 radical (unpaired) electrons. The van der Waals surface area contributed by atoms with Crippen molar-refractivity contribution in [2.45, 2.75) is 19.0 Å². The van der Waals surface area contributed by atoms with Gasteiger partial charge in [-0.3, -0.25) is 4.99 Å². The highest BCUT2D eigenvalue weighted by Crippen LogP contribution is 2.30. The topological polar surface area (TPSA) is 48.9 Å². The van der Waals surface area contributed by atoms with Gasteiger partial charge in [0, 0.05) is 32.7 Å². The number of ether oxygens (including phenoxy) is 1. The molecule has 0 aliphatic carbocycles. The summed E-state index contributed by atoms with van der Waals surface area (Å²) >= 11 is 0. The van der Waals surface area contributed by atoms with Gasteiger partial charge in [0.15, 0.2) is 5.96 Å². The van der Waals surface area contributed by atoms with E-state index >= 15 is 0 Å². The number of para-hydroxylation sites is 2. The lowest BCUT2D eigenvalue weighted by atomic mass is 10.2. The molecule has 2 aromatic carbocycles. The molecule has 2 aromatic rings. The molecule has 6 heteroatoms. The molecule has 0 amide bonds. The van der Waals surface area contributed by atoms with Crippen molar-refractivity contribution in [3.05, 3.63) is 60.2 Å². The summed E-state index contributed by atoms with van der Waals surface area (Å²) in [6.45, 7) is 2.71. The number of benzene rings is 2. The molecule has 0 bridgehead atoms. The SMILES string of the molecule is CN=C(NCc1ccccc1)NC1CCN(c2ccccc2OC)C1.I. The van der Waals surface area contributed by atoms with Crippen LogP contribution in [-0.4, -0.2) is 39.2 Å². The maximum atomic E-state index is 5.48. The minimum atomic E-state index is 0. The minimum absolute atomic E-state index is 0. The van der Waals surface area contributed by atoms with Crippen LogP contribution < -0.4 is 20.3 Å². The van der Waals surface area contributed by atoms with Crippen LogP contribution in [0.15, 0.2) is 59.6 Å². The normalized spacial score (nSPS) is 16.8. The van der Waals surface area contributed by atoms with Crippen molar-refractivity contribution in [3.63, 3.8) is 0 Å². The van der Waals surface area contributed by atoms with Crippen molar-refractivity contribution in [3.8, 4) is 5.75 Å². The first-order valence-corrected chi connectivity index (χ1v) is 8.69. The van der Waals surface area contributed by atoms with E-state index in [1.54, 1.807) is 7.11 Å². The fraction of sp³-hybridized carbons (Fsp3) is 0.350. The first kappa shape index (κ1) is 20.4.